The van der Waals surface area contributed by atoms with E-state index in [0.717, 1.165) is 30.4 Å². The van der Waals surface area contributed by atoms with Crippen LogP contribution in [0.5, 0.6) is 0 Å². The SMILES string of the molecule is C=C1/C(=C\C=C2\CCC[C@]3(C)[C@@H]([C@@H](C)/C=C/C=C/C(O)(CC)CC)CC[C@@H]23)C[C@@H](O)C[C@@H]1O. The van der Waals surface area contributed by atoms with Crippen molar-refractivity contribution in [3.63, 3.8) is 0 Å². The third-order valence-electron chi connectivity index (χ3n) is 9.09. The van der Waals surface area contributed by atoms with Crippen molar-refractivity contribution in [1.29, 1.82) is 0 Å². The predicted octanol–water partition coefficient (Wildman–Crippen LogP) is 6.43. The van der Waals surface area contributed by atoms with Crippen LogP contribution in [0, 0.1) is 23.2 Å². The summed E-state index contributed by atoms with van der Waals surface area (Å²) in [5, 5.41) is 30.7. The Balaban J connectivity index is 1.72. The monoisotopic (exact) mass is 454 g/mol. The summed E-state index contributed by atoms with van der Waals surface area (Å²) in [6.07, 6.45) is 20.3. The lowest BCUT2D eigenvalue weighted by Crippen LogP contribution is -2.35. The van der Waals surface area contributed by atoms with Crippen LogP contribution in [0.4, 0.5) is 0 Å². The molecule has 33 heavy (non-hydrogen) atoms. The highest BCUT2D eigenvalue weighted by Gasteiger charge is 2.50. The first kappa shape index (κ1) is 26.2. The van der Waals surface area contributed by atoms with Gasteiger partial charge in [-0.2, -0.15) is 0 Å². The summed E-state index contributed by atoms with van der Waals surface area (Å²) < 4.78 is 0. The molecule has 3 aliphatic rings. The van der Waals surface area contributed by atoms with Gasteiger partial charge in [0.05, 0.1) is 17.8 Å². The Morgan fingerprint density at radius 2 is 1.88 bits per heavy atom. The minimum absolute atomic E-state index is 0.312. The van der Waals surface area contributed by atoms with Gasteiger partial charge in [0.25, 0.3) is 0 Å². The summed E-state index contributed by atoms with van der Waals surface area (Å²) in [5.41, 5.74) is 2.92. The van der Waals surface area contributed by atoms with Gasteiger partial charge in [0.1, 0.15) is 0 Å². The topological polar surface area (TPSA) is 60.7 Å². The molecule has 0 amide bonds. The molecule has 3 N–H and O–H groups in total. The lowest BCUT2D eigenvalue weighted by molar-refractivity contribution is 0.0827. The average Bonchev–Trinajstić information content (AvgIpc) is 3.15. The molecular weight excluding hydrogens is 408 g/mol. The van der Waals surface area contributed by atoms with Gasteiger partial charge >= 0.3 is 0 Å². The van der Waals surface area contributed by atoms with E-state index in [1.165, 1.54) is 31.3 Å². The largest absolute Gasteiger partial charge is 0.393 e. The number of rotatable bonds is 7. The van der Waals surface area contributed by atoms with Crippen LogP contribution in [0.1, 0.15) is 85.5 Å². The van der Waals surface area contributed by atoms with Crippen molar-refractivity contribution in [1.82, 2.24) is 0 Å². The van der Waals surface area contributed by atoms with Gasteiger partial charge < -0.3 is 15.3 Å². The summed E-state index contributed by atoms with van der Waals surface area (Å²) in [6, 6.07) is 0. The van der Waals surface area contributed by atoms with E-state index >= 15 is 0 Å². The highest BCUT2D eigenvalue weighted by atomic mass is 16.3. The van der Waals surface area contributed by atoms with E-state index in [1.54, 1.807) is 0 Å². The Morgan fingerprint density at radius 3 is 2.58 bits per heavy atom. The maximum Gasteiger partial charge on any atom is 0.0825 e. The molecule has 0 heterocycles. The zero-order valence-corrected chi connectivity index (χ0v) is 21.3. The van der Waals surface area contributed by atoms with Gasteiger partial charge in [0.15, 0.2) is 0 Å². The number of fused-ring (bicyclic) bond motifs is 1. The molecule has 0 aromatic heterocycles. The second-order valence-corrected chi connectivity index (χ2v) is 11.1. The first-order valence-electron chi connectivity index (χ1n) is 13.2. The second-order valence-electron chi connectivity index (χ2n) is 11.1. The molecule has 0 aromatic carbocycles. The quantitative estimate of drug-likeness (QED) is 0.389. The van der Waals surface area contributed by atoms with Crippen LogP contribution in [-0.2, 0) is 0 Å². The maximum atomic E-state index is 10.5. The van der Waals surface area contributed by atoms with Crippen molar-refractivity contribution in [2.24, 2.45) is 23.2 Å². The van der Waals surface area contributed by atoms with Crippen LogP contribution < -0.4 is 0 Å². The van der Waals surface area contributed by atoms with Crippen molar-refractivity contribution >= 4 is 0 Å². The highest BCUT2D eigenvalue weighted by Crippen LogP contribution is 2.59. The smallest absolute Gasteiger partial charge is 0.0825 e. The minimum Gasteiger partial charge on any atom is -0.393 e. The molecule has 3 fully saturated rings. The number of aliphatic hydroxyl groups excluding tert-OH is 2. The van der Waals surface area contributed by atoms with Crippen LogP contribution in [0.15, 0.2) is 59.8 Å². The molecule has 0 bridgehead atoms. The van der Waals surface area contributed by atoms with Crippen LogP contribution in [0.2, 0.25) is 0 Å². The van der Waals surface area contributed by atoms with E-state index in [1.807, 2.05) is 26.0 Å². The Kier molecular flexibility index (Phi) is 8.64. The lowest BCUT2D eigenvalue weighted by atomic mass is 9.61. The first-order valence-corrected chi connectivity index (χ1v) is 13.2. The molecule has 3 saturated carbocycles. The standard InChI is InChI=1S/C30H46O3/c1-6-30(33,7-2)18-9-8-11-21(3)26-15-16-27-23(12-10-17-29(26,27)5)13-14-24-19-25(31)20-28(32)22(24)4/h8-9,11,13-14,18,21,25-28,31-33H,4,6-7,10,12,15-17,19-20H2,1-3,5H3/b11-8+,18-9+,23-13-,24-14-/t21-,25+,26+,27-,28-,29+/m0/s1. The van der Waals surface area contributed by atoms with Crippen molar-refractivity contribution in [3.05, 3.63) is 59.8 Å². The van der Waals surface area contributed by atoms with Crippen LogP contribution in [0.3, 0.4) is 0 Å². The van der Waals surface area contributed by atoms with Crippen LogP contribution in [0.25, 0.3) is 0 Å². The minimum atomic E-state index is -0.689. The number of aliphatic hydroxyl groups is 3. The van der Waals surface area contributed by atoms with Crippen molar-refractivity contribution < 1.29 is 15.3 Å². The Hall–Kier alpha value is -1.42. The Bertz CT molecular complexity index is 812. The summed E-state index contributed by atoms with van der Waals surface area (Å²) in [7, 11) is 0. The highest BCUT2D eigenvalue weighted by molar-refractivity contribution is 5.38. The van der Waals surface area contributed by atoms with E-state index in [9.17, 15) is 15.3 Å². The Labute approximate surface area is 201 Å². The molecule has 0 radical (unpaired) electrons. The zero-order valence-electron chi connectivity index (χ0n) is 21.3. The predicted molar refractivity (Wildman–Crippen MR) is 138 cm³/mol. The molecule has 0 aromatic rings. The van der Waals surface area contributed by atoms with E-state index < -0.39 is 17.8 Å². The zero-order chi connectivity index (χ0) is 24.2. The fraction of sp³-hybridized carbons (Fsp3) is 0.667. The molecular formula is C30H46O3. The van der Waals surface area contributed by atoms with Crippen molar-refractivity contribution in [2.75, 3.05) is 0 Å². The van der Waals surface area contributed by atoms with Gasteiger partial charge in [0.2, 0.25) is 0 Å². The van der Waals surface area contributed by atoms with Crippen LogP contribution in [-0.4, -0.2) is 33.1 Å². The third-order valence-corrected chi connectivity index (χ3v) is 9.09. The van der Waals surface area contributed by atoms with Gasteiger partial charge in [-0.15, -0.1) is 0 Å². The molecule has 0 spiro atoms. The van der Waals surface area contributed by atoms with Gasteiger partial charge in [-0.1, -0.05) is 76.3 Å². The third kappa shape index (κ3) is 5.81. The number of hydrogen-bond acceptors (Lipinski definition) is 3. The molecule has 3 nitrogen and oxygen atoms in total. The second kappa shape index (κ2) is 10.9. The summed E-state index contributed by atoms with van der Waals surface area (Å²) in [5.74, 6) is 1.77. The fourth-order valence-electron chi connectivity index (χ4n) is 6.70. The van der Waals surface area contributed by atoms with Gasteiger partial charge in [-0.25, -0.2) is 0 Å². The molecule has 3 heteroatoms. The van der Waals surface area contributed by atoms with Gasteiger partial charge in [0, 0.05) is 6.42 Å². The van der Waals surface area contributed by atoms with E-state index in [-0.39, 0.29) is 0 Å². The van der Waals surface area contributed by atoms with Crippen molar-refractivity contribution in [2.45, 2.75) is 103 Å². The average molecular weight is 455 g/mol. The molecule has 0 aliphatic heterocycles. The van der Waals surface area contributed by atoms with E-state index in [2.05, 4.69) is 44.7 Å². The summed E-state index contributed by atoms with van der Waals surface area (Å²) >= 11 is 0. The molecule has 3 rings (SSSR count). The summed E-state index contributed by atoms with van der Waals surface area (Å²) in [4.78, 5) is 0. The maximum absolute atomic E-state index is 10.5. The molecule has 6 atom stereocenters. The lowest BCUT2D eigenvalue weighted by Gasteiger charge is -2.44. The molecule has 3 aliphatic carbocycles. The Morgan fingerprint density at radius 1 is 1.15 bits per heavy atom. The van der Waals surface area contributed by atoms with E-state index in [0.29, 0.717) is 36.0 Å². The van der Waals surface area contributed by atoms with Gasteiger partial charge in [-0.3, -0.25) is 0 Å². The molecule has 0 unspecified atom stereocenters. The number of hydrogen-bond donors (Lipinski definition) is 3. The molecule has 184 valence electrons. The first-order chi connectivity index (χ1) is 15.6. The van der Waals surface area contributed by atoms with E-state index in [4.69, 9.17) is 0 Å². The fourth-order valence-corrected chi connectivity index (χ4v) is 6.70. The van der Waals surface area contributed by atoms with Crippen LogP contribution >= 0.6 is 0 Å². The number of allylic oxidation sites excluding steroid dienone is 6. The summed E-state index contributed by atoms with van der Waals surface area (Å²) in [6.45, 7) is 13.0. The van der Waals surface area contributed by atoms with Crippen molar-refractivity contribution in [3.8, 4) is 0 Å². The normalized spacial score (nSPS) is 36.9. The molecule has 0 saturated heterocycles. The van der Waals surface area contributed by atoms with Gasteiger partial charge in [-0.05, 0) is 85.7 Å².